The molecule has 0 bridgehead atoms. The molecule has 1 unspecified atom stereocenters. The molecule has 7 heteroatoms. The lowest BCUT2D eigenvalue weighted by atomic mass is 9.99. The molecule has 202 valence electrons. The summed E-state index contributed by atoms with van der Waals surface area (Å²) in [6, 6.07) is 3.41. The maximum atomic E-state index is 12.5. The number of benzene rings is 1. The molecule has 0 saturated carbocycles. The highest BCUT2D eigenvalue weighted by Gasteiger charge is 2.31. The van der Waals surface area contributed by atoms with Gasteiger partial charge < -0.3 is 10.8 Å². The van der Waals surface area contributed by atoms with Gasteiger partial charge in [-0.3, -0.25) is 0 Å². The van der Waals surface area contributed by atoms with E-state index in [-0.39, 0.29) is 7.92 Å². The van der Waals surface area contributed by atoms with E-state index in [0.717, 1.165) is 37.0 Å². The normalized spacial score (nSPS) is 11.4. The summed E-state index contributed by atoms with van der Waals surface area (Å²) in [6.45, 7) is 20.9. The minimum Gasteiger partial charge on any atom is -0.513 e. The van der Waals surface area contributed by atoms with Crippen LogP contribution >= 0.6 is 20.1 Å². The van der Waals surface area contributed by atoms with Crippen LogP contribution in [-0.4, -0.2) is 22.5 Å². The molecular formula is C28H47F3NOPS. The number of aliphatic hydroxyl groups excluding tert-OH is 1. The summed E-state index contributed by atoms with van der Waals surface area (Å²) in [5, 5.41) is 8.84. The predicted octanol–water partition coefficient (Wildman–Crippen LogP) is 10.8. The fourth-order valence-corrected chi connectivity index (χ4v) is 3.86. The van der Waals surface area contributed by atoms with Crippen molar-refractivity contribution in [2.24, 2.45) is 0 Å². The zero-order valence-electron chi connectivity index (χ0n) is 22.8. The van der Waals surface area contributed by atoms with Crippen molar-refractivity contribution in [1.82, 2.24) is 0 Å². The van der Waals surface area contributed by atoms with Crippen LogP contribution in [0.5, 0.6) is 0 Å². The van der Waals surface area contributed by atoms with E-state index < -0.39 is 11.7 Å². The van der Waals surface area contributed by atoms with Crippen LogP contribution in [0.4, 0.5) is 18.9 Å². The second-order valence-electron chi connectivity index (χ2n) is 7.48. The Labute approximate surface area is 219 Å². The first-order valence-corrected chi connectivity index (χ1v) is 14.5. The monoisotopic (exact) mass is 533 g/mol. The van der Waals surface area contributed by atoms with Crippen LogP contribution in [0.15, 0.2) is 49.3 Å². The molecule has 0 aliphatic rings. The lowest BCUT2D eigenvalue weighted by Gasteiger charge is -2.12. The van der Waals surface area contributed by atoms with E-state index in [1.807, 2.05) is 33.8 Å². The van der Waals surface area contributed by atoms with Gasteiger partial charge in [0.1, 0.15) is 0 Å². The van der Waals surface area contributed by atoms with Crippen LogP contribution in [0.3, 0.4) is 0 Å². The van der Waals surface area contributed by atoms with Crippen LogP contribution in [0.25, 0.3) is 5.57 Å². The first-order chi connectivity index (χ1) is 16.3. The number of unbranched alkanes of at least 4 members (excludes halogenated alkanes) is 2. The fourth-order valence-electron chi connectivity index (χ4n) is 2.57. The van der Waals surface area contributed by atoms with Crippen molar-refractivity contribution in [1.29, 1.82) is 0 Å². The first-order valence-electron chi connectivity index (χ1n) is 12.2. The van der Waals surface area contributed by atoms with Gasteiger partial charge in [-0.2, -0.15) is 13.2 Å². The van der Waals surface area contributed by atoms with Crippen molar-refractivity contribution in [3.8, 4) is 0 Å². The zero-order chi connectivity index (χ0) is 28.0. The highest BCUT2D eigenvalue weighted by Crippen LogP contribution is 2.34. The van der Waals surface area contributed by atoms with Gasteiger partial charge in [0.2, 0.25) is 0 Å². The average Bonchev–Trinajstić information content (AvgIpc) is 2.81. The van der Waals surface area contributed by atoms with Gasteiger partial charge in [-0.15, -0.1) is 6.58 Å². The van der Waals surface area contributed by atoms with E-state index in [9.17, 15) is 13.2 Å². The van der Waals surface area contributed by atoms with Gasteiger partial charge in [-0.1, -0.05) is 73.0 Å². The molecule has 0 spiro atoms. The molecule has 0 aromatic heterocycles. The number of alkyl halides is 3. The van der Waals surface area contributed by atoms with Crippen molar-refractivity contribution in [3.63, 3.8) is 0 Å². The minimum atomic E-state index is -4.32. The third-order valence-corrected chi connectivity index (χ3v) is 7.74. The summed E-state index contributed by atoms with van der Waals surface area (Å²) in [5.74, 6) is 0.310. The van der Waals surface area contributed by atoms with Crippen molar-refractivity contribution in [2.45, 2.75) is 86.2 Å². The number of nitrogen functional groups attached to an aromatic ring is 1. The molecule has 2 nitrogen and oxygen atoms in total. The van der Waals surface area contributed by atoms with Gasteiger partial charge >= 0.3 is 6.18 Å². The molecule has 0 radical (unpaired) electrons. The number of anilines is 1. The summed E-state index contributed by atoms with van der Waals surface area (Å²) in [5.41, 5.74) is 6.69. The number of rotatable bonds is 10. The Morgan fingerprint density at radius 1 is 1.17 bits per heavy atom. The highest BCUT2D eigenvalue weighted by atomic mass is 32.1. The maximum absolute atomic E-state index is 12.5. The molecule has 3 N–H and O–H groups in total. The maximum Gasteiger partial charge on any atom is 0.416 e. The molecule has 0 amide bonds. The number of hydrogen-bond acceptors (Lipinski definition) is 3. The van der Waals surface area contributed by atoms with Crippen LogP contribution in [-0.2, 0) is 6.18 Å². The summed E-state index contributed by atoms with van der Waals surface area (Å²) < 4.78 is 38.7. The summed E-state index contributed by atoms with van der Waals surface area (Å²) >= 11 is 5.11. The van der Waals surface area contributed by atoms with Crippen molar-refractivity contribution < 1.29 is 18.3 Å². The lowest BCUT2D eigenvalue weighted by molar-refractivity contribution is -0.137. The van der Waals surface area contributed by atoms with Crippen LogP contribution in [0, 0.1) is 0 Å². The molecule has 0 fully saturated rings. The third kappa shape index (κ3) is 20.3. The zero-order valence-corrected chi connectivity index (χ0v) is 24.5. The predicted molar refractivity (Wildman–Crippen MR) is 158 cm³/mol. The van der Waals surface area contributed by atoms with Crippen LogP contribution in [0.2, 0.25) is 0 Å². The molecular weight excluding hydrogens is 486 g/mol. The average molecular weight is 534 g/mol. The third-order valence-electron chi connectivity index (χ3n) is 4.74. The van der Waals surface area contributed by atoms with E-state index in [2.05, 4.69) is 26.7 Å². The van der Waals surface area contributed by atoms with Crippen molar-refractivity contribution >= 4 is 36.0 Å². The number of hydrogen-bond donors (Lipinski definition) is 2. The topological polar surface area (TPSA) is 46.2 Å². The van der Waals surface area contributed by atoms with E-state index in [1.165, 1.54) is 29.7 Å². The second kappa shape index (κ2) is 22.8. The van der Waals surface area contributed by atoms with Gasteiger partial charge in [0, 0.05) is 22.3 Å². The highest BCUT2D eigenvalue weighted by molar-refractivity contribution is 7.98. The van der Waals surface area contributed by atoms with Gasteiger partial charge in [0.25, 0.3) is 0 Å². The Kier molecular flexibility index (Phi) is 24.7. The molecule has 1 rings (SSSR count). The number of halogens is 3. The van der Waals surface area contributed by atoms with E-state index in [0.29, 0.717) is 23.4 Å². The Hall–Kier alpha value is -1.65. The van der Waals surface area contributed by atoms with Crippen molar-refractivity contribution in [2.75, 3.05) is 18.6 Å². The summed E-state index contributed by atoms with van der Waals surface area (Å²) in [6.07, 6.45) is 6.51. The SMILES string of the molecule is C/C=C(\CC)c1cc(C(F)(F)F)ccc1N.C=C(O)CCCCCP(C)C(C)=S.C=CCC.CC. The first kappa shape index (κ1) is 37.9. The number of aliphatic hydroxyl groups is 1. The Balaban J connectivity index is -0.000000485. The van der Waals surface area contributed by atoms with Gasteiger partial charge in [-0.25, -0.2) is 0 Å². The van der Waals surface area contributed by atoms with Gasteiger partial charge in [0.15, 0.2) is 0 Å². The second-order valence-corrected chi connectivity index (χ2v) is 10.9. The fraction of sp³-hybridized carbons (Fsp3) is 0.536. The van der Waals surface area contributed by atoms with Crippen LogP contribution < -0.4 is 5.73 Å². The Morgan fingerprint density at radius 3 is 2.09 bits per heavy atom. The number of nitrogens with two attached hydrogens (primary N) is 1. The van der Waals surface area contributed by atoms with Gasteiger partial charge in [0.05, 0.1) is 11.3 Å². The van der Waals surface area contributed by atoms with E-state index in [1.54, 1.807) is 13.0 Å². The van der Waals surface area contributed by atoms with Crippen molar-refractivity contribution in [3.05, 3.63) is 60.4 Å². The largest absolute Gasteiger partial charge is 0.513 e. The number of allylic oxidation sites excluding steroid dienone is 4. The Morgan fingerprint density at radius 2 is 1.71 bits per heavy atom. The number of thiocarbonyl (C=S) groups is 1. The minimum absolute atomic E-state index is 0.0250. The van der Waals surface area contributed by atoms with E-state index in [4.69, 9.17) is 23.1 Å². The molecule has 1 aromatic rings. The molecule has 35 heavy (non-hydrogen) atoms. The smallest absolute Gasteiger partial charge is 0.416 e. The molecule has 0 aliphatic heterocycles. The molecule has 0 heterocycles. The van der Waals surface area contributed by atoms with E-state index >= 15 is 0 Å². The lowest BCUT2D eigenvalue weighted by Crippen LogP contribution is -2.06. The van der Waals surface area contributed by atoms with Gasteiger partial charge in [-0.05, 0) is 76.1 Å². The standard InChI is InChI=1S/C12H14F3N.C10H19OPS.C4H8.C2H6/c1-3-8(4-2)10-7-9(12(13,14)15)5-6-11(10)16;1-9(11)7-5-4-6-8-12(3)10(2)13;1-3-4-2;1-2/h3,5-7H,4,16H2,1-2H3;11H,1,4-8H2,2-3H3;3H,1,4H2,2H3;1-2H3/b8-3+;;;. The quantitative estimate of drug-likeness (QED) is 0.0785. The molecule has 1 atom stereocenters. The summed E-state index contributed by atoms with van der Waals surface area (Å²) in [7, 11) is -0.0250. The molecule has 0 aliphatic carbocycles. The molecule has 1 aromatic carbocycles. The Bertz CT molecular complexity index is 761. The molecule has 0 saturated heterocycles. The van der Waals surface area contributed by atoms with Crippen LogP contribution in [0.1, 0.15) is 91.2 Å². The summed E-state index contributed by atoms with van der Waals surface area (Å²) in [4.78, 5) is 0.